The summed E-state index contributed by atoms with van der Waals surface area (Å²) in [6, 6.07) is 1.35. The molecule has 1 heterocycles. The van der Waals surface area contributed by atoms with Gasteiger partial charge in [0, 0.05) is 24.5 Å². The number of aliphatic hydroxyl groups is 1. The molecule has 0 fully saturated rings. The zero-order valence-electron chi connectivity index (χ0n) is 11.0. The van der Waals surface area contributed by atoms with Crippen LogP contribution >= 0.6 is 11.3 Å². The first kappa shape index (κ1) is 15.4. The smallest absolute Gasteiger partial charge is 0.304 e. The topological polar surface area (TPSA) is 95.7 Å². The maximum atomic E-state index is 11.5. The fourth-order valence-corrected chi connectivity index (χ4v) is 2.56. The standard InChI is InChI=1S/C11H17N3O4S/c1-4-12-10(16)6-13(3)11-8(14(17)18)5-9(19-11)7(2)15/h5,7,15H,4,6H2,1-3H3,(H,12,16). The third kappa shape index (κ3) is 3.90. The van der Waals surface area contributed by atoms with Gasteiger partial charge in [0.05, 0.1) is 17.6 Å². The lowest BCUT2D eigenvalue weighted by Crippen LogP contribution is -2.34. The number of amides is 1. The second-order valence-electron chi connectivity index (χ2n) is 4.08. The number of carbonyl (C=O) groups is 1. The Kier molecular flexibility index (Phi) is 5.25. The van der Waals surface area contributed by atoms with E-state index in [1.807, 2.05) is 0 Å². The van der Waals surface area contributed by atoms with Gasteiger partial charge in [-0.15, -0.1) is 11.3 Å². The normalized spacial score (nSPS) is 12.0. The van der Waals surface area contributed by atoms with Crippen LogP contribution in [0.5, 0.6) is 0 Å². The van der Waals surface area contributed by atoms with Gasteiger partial charge >= 0.3 is 5.69 Å². The highest BCUT2D eigenvalue weighted by molar-refractivity contribution is 7.16. The number of nitrogens with zero attached hydrogens (tertiary/aromatic N) is 2. The Morgan fingerprint density at radius 1 is 1.68 bits per heavy atom. The van der Waals surface area contributed by atoms with E-state index in [9.17, 15) is 20.0 Å². The molecule has 1 atom stereocenters. The molecule has 0 saturated heterocycles. The number of rotatable bonds is 6. The lowest BCUT2D eigenvalue weighted by molar-refractivity contribution is -0.383. The van der Waals surface area contributed by atoms with E-state index < -0.39 is 11.0 Å². The molecule has 1 unspecified atom stereocenters. The highest BCUT2D eigenvalue weighted by Gasteiger charge is 2.24. The van der Waals surface area contributed by atoms with Gasteiger partial charge in [0.2, 0.25) is 5.91 Å². The van der Waals surface area contributed by atoms with Crippen LogP contribution in [0.2, 0.25) is 0 Å². The van der Waals surface area contributed by atoms with E-state index in [2.05, 4.69) is 5.32 Å². The molecule has 0 aliphatic carbocycles. The summed E-state index contributed by atoms with van der Waals surface area (Å²) in [6.07, 6.45) is -0.768. The summed E-state index contributed by atoms with van der Waals surface area (Å²) >= 11 is 1.12. The lowest BCUT2D eigenvalue weighted by Gasteiger charge is -2.15. The first-order chi connectivity index (χ1) is 8.86. The highest BCUT2D eigenvalue weighted by Crippen LogP contribution is 2.39. The van der Waals surface area contributed by atoms with Gasteiger partial charge in [-0.05, 0) is 13.8 Å². The van der Waals surface area contributed by atoms with Crippen molar-refractivity contribution in [1.82, 2.24) is 5.32 Å². The average molecular weight is 287 g/mol. The molecule has 2 N–H and O–H groups in total. The van der Waals surface area contributed by atoms with Crippen LogP contribution in [0.15, 0.2) is 6.07 Å². The molecule has 1 aromatic rings. The van der Waals surface area contributed by atoms with Gasteiger partial charge in [0.1, 0.15) is 0 Å². The van der Waals surface area contributed by atoms with Crippen molar-refractivity contribution in [3.05, 3.63) is 21.1 Å². The van der Waals surface area contributed by atoms with Crippen LogP contribution in [0.3, 0.4) is 0 Å². The molecule has 0 aliphatic rings. The predicted molar refractivity (Wildman–Crippen MR) is 73.6 cm³/mol. The van der Waals surface area contributed by atoms with Gasteiger partial charge in [-0.3, -0.25) is 14.9 Å². The Labute approximate surface area is 115 Å². The number of carbonyl (C=O) groups excluding carboxylic acids is 1. The van der Waals surface area contributed by atoms with Crippen molar-refractivity contribution >= 4 is 27.9 Å². The SMILES string of the molecule is CCNC(=O)CN(C)c1sc(C(C)O)cc1[N+](=O)[O-]. The van der Waals surface area contributed by atoms with Crippen molar-refractivity contribution in [2.75, 3.05) is 25.0 Å². The number of nitrogens with one attached hydrogen (secondary N) is 1. The zero-order chi connectivity index (χ0) is 14.6. The van der Waals surface area contributed by atoms with Crippen LogP contribution in [0, 0.1) is 10.1 Å². The molecule has 1 aromatic heterocycles. The van der Waals surface area contributed by atoms with E-state index in [1.54, 1.807) is 20.9 Å². The van der Waals surface area contributed by atoms with Gasteiger partial charge in [-0.25, -0.2) is 0 Å². The molecule has 0 aromatic carbocycles. The van der Waals surface area contributed by atoms with E-state index in [0.717, 1.165) is 11.3 Å². The predicted octanol–water partition coefficient (Wildman–Crippen LogP) is 1.28. The summed E-state index contributed by atoms with van der Waals surface area (Å²) in [4.78, 5) is 24.0. The van der Waals surface area contributed by atoms with Gasteiger partial charge in [-0.2, -0.15) is 0 Å². The van der Waals surface area contributed by atoms with Crippen LogP contribution in [-0.2, 0) is 4.79 Å². The maximum absolute atomic E-state index is 11.5. The molecular weight excluding hydrogens is 270 g/mol. The molecule has 8 heteroatoms. The van der Waals surface area contributed by atoms with Crippen molar-refractivity contribution in [2.24, 2.45) is 0 Å². The maximum Gasteiger partial charge on any atom is 0.304 e. The molecular formula is C11H17N3O4S. The molecule has 0 aliphatic heterocycles. The van der Waals surface area contributed by atoms with Crippen molar-refractivity contribution < 1.29 is 14.8 Å². The molecule has 0 radical (unpaired) electrons. The fraction of sp³-hybridized carbons (Fsp3) is 0.545. The van der Waals surface area contributed by atoms with Gasteiger partial charge in [0.15, 0.2) is 5.00 Å². The second-order valence-corrected chi connectivity index (χ2v) is 5.14. The summed E-state index contributed by atoms with van der Waals surface area (Å²) in [5.41, 5.74) is -0.0901. The quantitative estimate of drug-likeness (QED) is 0.607. The number of nitro groups is 1. The molecule has 0 spiro atoms. The number of hydrogen-bond donors (Lipinski definition) is 2. The Morgan fingerprint density at radius 2 is 2.32 bits per heavy atom. The number of likely N-dealkylation sites (N-methyl/N-ethyl adjacent to an activating group) is 2. The largest absolute Gasteiger partial charge is 0.388 e. The van der Waals surface area contributed by atoms with Crippen LogP contribution in [-0.4, -0.2) is 36.1 Å². The van der Waals surface area contributed by atoms with Crippen LogP contribution in [0.4, 0.5) is 10.7 Å². The van der Waals surface area contributed by atoms with Crippen LogP contribution < -0.4 is 10.2 Å². The van der Waals surface area contributed by atoms with E-state index in [4.69, 9.17) is 0 Å². The minimum absolute atomic E-state index is 0.0362. The molecule has 19 heavy (non-hydrogen) atoms. The second kappa shape index (κ2) is 6.48. The molecule has 1 amide bonds. The highest BCUT2D eigenvalue weighted by atomic mass is 32.1. The summed E-state index contributed by atoms with van der Waals surface area (Å²) < 4.78 is 0. The number of anilines is 1. The van der Waals surface area contributed by atoms with Crippen LogP contribution in [0.1, 0.15) is 24.8 Å². The fourth-order valence-electron chi connectivity index (χ4n) is 1.54. The first-order valence-corrected chi connectivity index (χ1v) is 6.62. The monoisotopic (exact) mass is 287 g/mol. The summed E-state index contributed by atoms with van der Waals surface area (Å²) in [5.74, 6) is -0.203. The van der Waals surface area contributed by atoms with E-state index in [1.165, 1.54) is 11.0 Å². The number of hydrogen-bond acceptors (Lipinski definition) is 6. The molecule has 0 saturated carbocycles. The molecule has 106 valence electrons. The van der Waals surface area contributed by atoms with Crippen LogP contribution in [0.25, 0.3) is 0 Å². The summed E-state index contributed by atoms with van der Waals surface area (Å²) in [5, 5.41) is 23.5. The Hall–Kier alpha value is -1.67. The number of thiophene rings is 1. The lowest BCUT2D eigenvalue weighted by atomic mass is 10.3. The van der Waals surface area contributed by atoms with Gasteiger partial charge in [0.25, 0.3) is 0 Å². The number of aliphatic hydroxyl groups excluding tert-OH is 1. The third-order valence-corrected chi connectivity index (χ3v) is 3.83. The van der Waals surface area contributed by atoms with Crippen molar-refractivity contribution in [2.45, 2.75) is 20.0 Å². The van der Waals surface area contributed by atoms with E-state index in [-0.39, 0.29) is 18.1 Å². The average Bonchev–Trinajstić information content (AvgIpc) is 2.73. The van der Waals surface area contributed by atoms with Gasteiger partial charge < -0.3 is 15.3 Å². The Morgan fingerprint density at radius 3 is 2.79 bits per heavy atom. The van der Waals surface area contributed by atoms with Crippen molar-refractivity contribution in [3.8, 4) is 0 Å². The van der Waals surface area contributed by atoms with E-state index >= 15 is 0 Å². The van der Waals surface area contributed by atoms with Crippen molar-refractivity contribution in [3.63, 3.8) is 0 Å². The molecule has 7 nitrogen and oxygen atoms in total. The summed E-state index contributed by atoms with van der Waals surface area (Å²) in [6.45, 7) is 3.90. The first-order valence-electron chi connectivity index (χ1n) is 5.80. The Bertz CT molecular complexity index is 473. The Balaban J connectivity index is 2.97. The summed E-state index contributed by atoms with van der Waals surface area (Å²) in [7, 11) is 1.61. The van der Waals surface area contributed by atoms with E-state index in [0.29, 0.717) is 16.4 Å². The minimum atomic E-state index is -0.768. The van der Waals surface area contributed by atoms with Crippen molar-refractivity contribution in [1.29, 1.82) is 0 Å². The third-order valence-electron chi connectivity index (χ3n) is 2.42. The molecule has 1 rings (SSSR count). The van der Waals surface area contributed by atoms with Gasteiger partial charge in [-0.1, -0.05) is 0 Å². The molecule has 0 bridgehead atoms. The minimum Gasteiger partial charge on any atom is -0.388 e. The zero-order valence-corrected chi connectivity index (χ0v) is 11.9.